The third kappa shape index (κ3) is 4.88. The van der Waals surface area contributed by atoms with Gasteiger partial charge in [0.05, 0.1) is 0 Å². The predicted molar refractivity (Wildman–Crippen MR) is 189 cm³/mol. The second-order valence-electron chi connectivity index (χ2n) is 11.3. The Hall–Kier alpha value is -6.07. The Labute approximate surface area is 266 Å². The van der Waals surface area contributed by atoms with Crippen molar-refractivity contribution in [1.82, 2.24) is 15.0 Å². The molecule has 46 heavy (non-hydrogen) atoms. The van der Waals surface area contributed by atoms with Gasteiger partial charge in [-0.2, -0.15) is 0 Å². The molecule has 0 fully saturated rings. The van der Waals surface area contributed by atoms with Gasteiger partial charge in [-0.05, 0) is 63.1 Å². The molecule has 0 saturated heterocycles. The van der Waals surface area contributed by atoms with Crippen LogP contribution in [0.15, 0.2) is 138 Å². The largest absolute Gasteiger partial charge is 0.460 e. The van der Waals surface area contributed by atoms with E-state index in [0.29, 0.717) is 17.5 Å². The summed E-state index contributed by atoms with van der Waals surface area (Å²) >= 11 is 0. The fourth-order valence-corrected chi connectivity index (χ4v) is 6.21. The van der Waals surface area contributed by atoms with Crippen LogP contribution in [0.3, 0.4) is 0 Å². The Kier molecular flexibility index (Phi) is 6.84. The maximum absolute atomic E-state index is 6.18. The van der Waals surface area contributed by atoms with Crippen LogP contribution in [0, 0.1) is 0 Å². The molecule has 0 amide bonds. The van der Waals surface area contributed by atoms with E-state index in [0.717, 1.165) is 67.1 Å². The van der Waals surface area contributed by atoms with Crippen LogP contribution >= 0.6 is 0 Å². The van der Waals surface area contributed by atoms with Crippen molar-refractivity contribution in [1.29, 1.82) is 0 Å². The lowest BCUT2D eigenvalue weighted by molar-refractivity contribution is 0.556. The minimum absolute atomic E-state index is 0.616. The molecule has 0 saturated carbocycles. The molecule has 2 heterocycles. The molecule has 0 spiro atoms. The molecule has 0 aliphatic heterocycles. The second-order valence-corrected chi connectivity index (χ2v) is 11.3. The summed E-state index contributed by atoms with van der Waals surface area (Å²) in [5.74, 6) is 2.80. The number of rotatable bonds is 6. The molecule has 0 unspecified atom stereocenters. The predicted octanol–water partition coefficient (Wildman–Crippen LogP) is 10.1. The number of nitrogens with two attached hydrogens (primary N) is 1. The molecule has 8 aromatic rings. The summed E-state index contributed by atoms with van der Waals surface area (Å²) in [6.07, 6.45) is 4.28. The smallest absolute Gasteiger partial charge is 0.164 e. The molecule has 2 N–H and O–H groups in total. The molecule has 6 aromatic carbocycles. The Morgan fingerprint density at radius 2 is 1.13 bits per heavy atom. The number of furan rings is 1. The van der Waals surface area contributed by atoms with Gasteiger partial charge < -0.3 is 10.2 Å². The first-order chi connectivity index (χ1) is 22.7. The molecule has 5 nitrogen and oxygen atoms in total. The van der Waals surface area contributed by atoms with Gasteiger partial charge >= 0.3 is 0 Å². The maximum Gasteiger partial charge on any atom is 0.164 e. The fourth-order valence-electron chi connectivity index (χ4n) is 6.21. The number of benzene rings is 6. The second kappa shape index (κ2) is 11.5. The molecule has 8 rings (SSSR count). The minimum Gasteiger partial charge on any atom is -0.460 e. The van der Waals surface area contributed by atoms with Gasteiger partial charge in [-0.25, -0.2) is 15.0 Å². The highest BCUT2D eigenvalue weighted by molar-refractivity contribution is 6.11. The van der Waals surface area contributed by atoms with E-state index in [9.17, 15) is 0 Å². The van der Waals surface area contributed by atoms with E-state index in [4.69, 9.17) is 25.1 Å². The number of hydrogen-bond donors (Lipinski definition) is 1. The van der Waals surface area contributed by atoms with Crippen LogP contribution in [0.1, 0.15) is 18.2 Å². The van der Waals surface area contributed by atoms with Crippen LogP contribution in [0.25, 0.3) is 83.9 Å². The summed E-state index contributed by atoms with van der Waals surface area (Å²) in [5.41, 5.74) is 12.8. The molecule has 2 aromatic heterocycles. The highest BCUT2D eigenvalue weighted by Gasteiger charge is 2.17. The van der Waals surface area contributed by atoms with Gasteiger partial charge in [0.1, 0.15) is 11.3 Å². The highest BCUT2D eigenvalue weighted by Crippen LogP contribution is 2.36. The maximum atomic E-state index is 6.18. The first-order valence-electron chi connectivity index (χ1n) is 15.5. The molecule has 0 radical (unpaired) electrons. The molecule has 0 aliphatic carbocycles. The van der Waals surface area contributed by atoms with Crippen molar-refractivity contribution in [3.8, 4) is 45.3 Å². The Morgan fingerprint density at radius 3 is 1.85 bits per heavy atom. The average Bonchev–Trinajstić information content (AvgIpc) is 3.49. The van der Waals surface area contributed by atoms with Crippen LogP contribution in [0.4, 0.5) is 0 Å². The SMILES string of the molecule is CCc1oc2ccc3cc(-c4nc(-c5ccc(-c6ccccc6)cc5)nc(-c5ccc6ccccc6c5)n4)ccc3c2c1/C=C\N. The molecule has 0 bridgehead atoms. The molecule has 5 heteroatoms. The summed E-state index contributed by atoms with van der Waals surface area (Å²) in [7, 11) is 0. The number of fused-ring (bicyclic) bond motifs is 4. The van der Waals surface area contributed by atoms with Gasteiger partial charge in [0.2, 0.25) is 0 Å². The number of nitrogens with zero attached hydrogens (tertiary/aromatic N) is 3. The van der Waals surface area contributed by atoms with E-state index in [-0.39, 0.29) is 0 Å². The molecule has 0 atom stereocenters. The first kappa shape index (κ1) is 27.5. The molecule has 0 aliphatic rings. The summed E-state index contributed by atoms with van der Waals surface area (Å²) in [4.78, 5) is 15.1. The van der Waals surface area contributed by atoms with Crippen molar-refractivity contribution in [2.75, 3.05) is 0 Å². The Morgan fingerprint density at radius 1 is 0.565 bits per heavy atom. The molecule has 220 valence electrons. The summed E-state index contributed by atoms with van der Waals surface area (Å²) in [6.45, 7) is 2.09. The normalized spacial score (nSPS) is 11.7. The minimum atomic E-state index is 0.616. The Bertz CT molecular complexity index is 2410. The standard InChI is InChI=1S/C41H30N4O/c1-2-36-35(22-23-42)38-34-20-18-33(25-31(34)19-21-37(38)46-36)41-44-39(29-15-12-28(13-16-29)26-8-4-3-5-9-26)43-40(45-41)32-17-14-27-10-6-7-11-30(27)24-32/h3-25H,2,42H2,1H3/b23-22-. The third-order valence-electron chi connectivity index (χ3n) is 8.52. The van der Waals surface area contributed by atoms with Crippen molar-refractivity contribution in [3.05, 3.63) is 145 Å². The molecular weight excluding hydrogens is 564 g/mol. The van der Waals surface area contributed by atoms with Gasteiger partial charge in [-0.15, -0.1) is 0 Å². The van der Waals surface area contributed by atoms with Crippen molar-refractivity contribution in [2.24, 2.45) is 5.73 Å². The third-order valence-corrected chi connectivity index (χ3v) is 8.52. The molecular formula is C41H30N4O. The van der Waals surface area contributed by atoms with Gasteiger partial charge in [0.15, 0.2) is 17.5 Å². The monoisotopic (exact) mass is 594 g/mol. The van der Waals surface area contributed by atoms with Crippen molar-refractivity contribution >= 4 is 38.6 Å². The van der Waals surface area contributed by atoms with Crippen LogP contribution < -0.4 is 5.73 Å². The number of aromatic nitrogens is 3. The highest BCUT2D eigenvalue weighted by atomic mass is 16.3. The fraction of sp³-hybridized carbons (Fsp3) is 0.0488. The quantitative estimate of drug-likeness (QED) is 0.207. The van der Waals surface area contributed by atoms with E-state index in [1.54, 1.807) is 6.20 Å². The van der Waals surface area contributed by atoms with Gasteiger partial charge in [0, 0.05) is 34.1 Å². The summed E-state index contributed by atoms with van der Waals surface area (Å²) in [5, 5.41) is 5.54. The summed E-state index contributed by atoms with van der Waals surface area (Å²) < 4.78 is 6.18. The van der Waals surface area contributed by atoms with Crippen LogP contribution in [0.2, 0.25) is 0 Å². The van der Waals surface area contributed by atoms with Crippen molar-refractivity contribution in [3.63, 3.8) is 0 Å². The van der Waals surface area contributed by atoms with E-state index in [2.05, 4.69) is 122 Å². The van der Waals surface area contributed by atoms with Crippen LogP contribution in [0.5, 0.6) is 0 Å². The topological polar surface area (TPSA) is 77.8 Å². The van der Waals surface area contributed by atoms with Gasteiger partial charge in [-0.3, -0.25) is 0 Å². The first-order valence-corrected chi connectivity index (χ1v) is 15.5. The van der Waals surface area contributed by atoms with Crippen LogP contribution in [-0.2, 0) is 6.42 Å². The lowest BCUT2D eigenvalue weighted by atomic mass is 9.99. The zero-order chi connectivity index (χ0) is 31.0. The van der Waals surface area contributed by atoms with Crippen molar-refractivity contribution in [2.45, 2.75) is 13.3 Å². The van der Waals surface area contributed by atoms with E-state index < -0.39 is 0 Å². The van der Waals surface area contributed by atoms with Crippen LogP contribution in [-0.4, -0.2) is 15.0 Å². The van der Waals surface area contributed by atoms with E-state index in [1.165, 1.54) is 10.9 Å². The van der Waals surface area contributed by atoms with Gasteiger partial charge in [0.25, 0.3) is 0 Å². The number of hydrogen-bond acceptors (Lipinski definition) is 5. The Balaban J connectivity index is 1.29. The van der Waals surface area contributed by atoms with Gasteiger partial charge in [-0.1, -0.05) is 116 Å². The lowest BCUT2D eigenvalue weighted by Gasteiger charge is -2.10. The zero-order valence-electron chi connectivity index (χ0n) is 25.3. The lowest BCUT2D eigenvalue weighted by Crippen LogP contribution is -2.00. The van der Waals surface area contributed by atoms with Crippen molar-refractivity contribution < 1.29 is 4.42 Å². The summed E-state index contributed by atoms with van der Waals surface area (Å²) in [6, 6.07) is 43.9. The van der Waals surface area contributed by atoms with E-state index in [1.807, 2.05) is 18.2 Å². The average molecular weight is 595 g/mol. The van der Waals surface area contributed by atoms with E-state index >= 15 is 0 Å². The zero-order valence-corrected chi connectivity index (χ0v) is 25.3. The number of aryl methyl sites for hydroxylation is 1.